The first-order valence-electron chi connectivity index (χ1n) is 8.31. The third kappa shape index (κ3) is 3.61. The summed E-state index contributed by atoms with van der Waals surface area (Å²) in [5, 5.41) is 8.35. The number of nitrogens with one attached hydrogen (secondary N) is 1. The molecule has 3 rings (SSSR count). The molecule has 1 N–H and O–H groups in total. The minimum absolute atomic E-state index is 0.546. The van der Waals surface area contributed by atoms with Crippen molar-refractivity contribution < 1.29 is 0 Å². The normalized spacial score (nSPS) is 22.6. The lowest BCUT2D eigenvalue weighted by Crippen LogP contribution is -2.37. The van der Waals surface area contributed by atoms with Crippen LogP contribution in [-0.2, 0) is 6.54 Å². The summed E-state index contributed by atoms with van der Waals surface area (Å²) in [5.41, 5.74) is 1.19. The summed E-state index contributed by atoms with van der Waals surface area (Å²) in [6.45, 7) is 6.91. The van der Waals surface area contributed by atoms with Crippen molar-refractivity contribution in [3.63, 3.8) is 0 Å². The summed E-state index contributed by atoms with van der Waals surface area (Å²) in [6, 6.07) is 3.38. The Morgan fingerprint density at radius 1 is 1.25 bits per heavy atom. The van der Waals surface area contributed by atoms with Gasteiger partial charge in [-0.15, -0.1) is 0 Å². The van der Waals surface area contributed by atoms with Crippen LogP contribution < -0.4 is 5.32 Å². The van der Waals surface area contributed by atoms with Gasteiger partial charge in [0.25, 0.3) is 0 Å². The van der Waals surface area contributed by atoms with E-state index >= 15 is 0 Å². The number of hydrogen-bond donors (Lipinski definition) is 1. The van der Waals surface area contributed by atoms with Gasteiger partial charge in [-0.3, -0.25) is 4.68 Å². The van der Waals surface area contributed by atoms with E-state index in [1.165, 1.54) is 63.9 Å². The maximum absolute atomic E-state index is 4.74. The standard InChI is InChI=1S/C16H28N4/c1-14(13-19-9-4-5-10-19)17-12-15-8-11-20(18-15)16-6-2-3-7-16/h8,11,14,16-17H,2-7,9-10,12-13H2,1H3. The van der Waals surface area contributed by atoms with Crippen molar-refractivity contribution >= 4 is 0 Å². The molecule has 0 amide bonds. The van der Waals surface area contributed by atoms with Gasteiger partial charge in [0.15, 0.2) is 0 Å². The van der Waals surface area contributed by atoms with Gasteiger partial charge in [-0.05, 0) is 51.8 Å². The average molecular weight is 276 g/mol. The molecule has 1 unspecified atom stereocenters. The van der Waals surface area contributed by atoms with Crippen LogP contribution in [0.25, 0.3) is 0 Å². The van der Waals surface area contributed by atoms with Crippen molar-refractivity contribution in [1.29, 1.82) is 0 Å². The largest absolute Gasteiger partial charge is 0.307 e. The second-order valence-electron chi connectivity index (χ2n) is 6.52. The number of likely N-dealkylation sites (tertiary alicyclic amines) is 1. The van der Waals surface area contributed by atoms with Gasteiger partial charge in [-0.1, -0.05) is 12.8 Å². The topological polar surface area (TPSA) is 33.1 Å². The van der Waals surface area contributed by atoms with Crippen LogP contribution in [0.1, 0.15) is 57.2 Å². The number of rotatable bonds is 6. The molecule has 1 saturated carbocycles. The molecule has 0 bridgehead atoms. The van der Waals surface area contributed by atoms with Crippen LogP contribution >= 0.6 is 0 Å². The van der Waals surface area contributed by atoms with E-state index in [-0.39, 0.29) is 0 Å². The van der Waals surface area contributed by atoms with Gasteiger partial charge in [0.1, 0.15) is 0 Å². The maximum Gasteiger partial charge on any atom is 0.0762 e. The lowest BCUT2D eigenvalue weighted by Gasteiger charge is -2.20. The zero-order chi connectivity index (χ0) is 13.8. The van der Waals surface area contributed by atoms with Crippen LogP contribution in [0.15, 0.2) is 12.3 Å². The van der Waals surface area contributed by atoms with Crippen molar-refractivity contribution in [3.8, 4) is 0 Å². The van der Waals surface area contributed by atoms with Crippen LogP contribution in [0.3, 0.4) is 0 Å². The molecule has 0 spiro atoms. The highest BCUT2D eigenvalue weighted by Gasteiger charge is 2.18. The summed E-state index contributed by atoms with van der Waals surface area (Å²) in [4.78, 5) is 2.56. The van der Waals surface area contributed by atoms with Gasteiger partial charge in [-0.2, -0.15) is 5.10 Å². The summed E-state index contributed by atoms with van der Waals surface area (Å²) in [7, 11) is 0. The number of nitrogens with zero attached hydrogens (tertiary/aromatic N) is 3. The Kier molecular flexibility index (Phi) is 4.73. The first kappa shape index (κ1) is 14.1. The molecule has 0 aromatic carbocycles. The van der Waals surface area contributed by atoms with Crippen molar-refractivity contribution in [1.82, 2.24) is 20.0 Å². The van der Waals surface area contributed by atoms with Crippen LogP contribution in [-0.4, -0.2) is 40.4 Å². The molecule has 2 aliphatic rings. The van der Waals surface area contributed by atoms with Crippen LogP contribution in [0, 0.1) is 0 Å². The van der Waals surface area contributed by atoms with Gasteiger partial charge < -0.3 is 10.2 Å². The first-order valence-corrected chi connectivity index (χ1v) is 8.31. The van der Waals surface area contributed by atoms with Crippen LogP contribution in [0.2, 0.25) is 0 Å². The molecular formula is C16H28N4. The molecule has 112 valence electrons. The van der Waals surface area contributed by atoms with Crippen molar-refractivity contribution in [2.24, 2.45) is 0 Å². The Morgan fingerprint density at radius 3 is 2.75 bits per heavy atom. The van der Waals surface area contributed by atoms with E-state index in [0.717, 1.165) is 6.54 Å². The predicted octanol–water partition coefficient (Wildman–Crippen LogP) is 2.57. The lowest BCUT2D eigenvalue weighted by atomic mass is 10.3. The van der Waals surface area contributed by atoms with Gasteiger partial charge in [0.05, 0.1) is 11.7 Å². The van der Waals surface area contributed by atoms with E-state index in [0.29, 0.717) is 12.1 Å². The third-order valence-electron chi connectivity index (χ3n) is 4.72. The molecule has 1 aliphatic carbocycles. The molecule has 0 radical (unpaired) electrons. The fraction of sp³-hybridized carbons (Fsp3) is 0.812. The molecule has 1 aliphatic heterocycles. The van der Waals surface area contributed by atoms with E-state index in [2.05, 4.69) is 34.1 Å². The SMILES string of the molecule is CC(CN1CCCC1)NCc1ccn(C2CCCC2)n1. The zero-order valence-electron chi connectivity index (χ0n) is 12.7. The second kappa shape index (κ2) is 6.72. The number of hydrogen-bond acceptors (Lipinski definition) is 3. The number of aromatic nitrogens is 2. The van der Waals surface area contributed by atoms with Gasteiger partial charge in [0.2, 0.25) is 0 Å². The Hall–Kier alpha value is -0.870. The van der Waals surface area contributed by atoms with Gasteiger partial charge in [-0.25, -0.2) is 0 Å². The molecule has 1 aromatic rings. The maximum atomic E-state index is 4.74. The Morgan fingerprint density at radius 2 is 2.00 bits per heavy atom. The highest BCUT2D eigenvalue weighted by atomic mass is 15.3. The van der Waals surface area contributed by atoms with Crippen molar-refractivity contribution in [3.05, 3.63) is 18.0 Å². The quantitative estimate of drug-likeness (QED) is 0.867. The Bertz CT molecular complexity index is 402. The monoisotopic (exact) mass is 276 g/mol. The highest BCUT2D eigenvalue weighted by molar-refractivity contribution is 5.00. The fourth-order valence-corrected chi connectivity index (χ4v) is 3.54. The predicted molar refractivity (Wildman–Crippen MR) is 81.7 cm³/mol. The zero-order valence-corrected chi connectivity index (χ0v) is 12.7. The van der Waals surface area contributed by atoms with E-state index in [1.54, 1.807) is 0 Å². The smallest absolute Gasteiger partial charge is 0.0762 e. The minimum atomic E-state index is 0.546. The highest BCUT2D eigenvalue weighted by Crippen LogP contribution is 2.28. The van der Waals surface area contributed by atoms with Gasteiger partial charge >= 0.3 is 0 Å². The molecule has 20 heavy (non-hydrogen) atoms. The molecule has 2 heterocycles. The first-order chi connectivity index (χ1) is 9.81. The minimum Gasteiger partial charge on any atom is -0.307 e. The molecule has 2 fully saturated rings. The molecule has 1 atom stereocenters. The third-order valence-corrected chi connectivity index (χ3v) is 4.72. The molecule has 4 nitrogen and oxygen atoms in total. The summed E-state index contributed by atoms with van der Waals surface area (Å²) >= 11 is 0. The van der Waals surface area contributed by atoms with Gasteiger partial charge in [0, 0.05) is 25.3 Å². The average Bonchev–Trinajstić information content (AvgIpc) is 3.18. The molecule has 4 heteroatoms. The molecule has 1 aromatic heterocycles. The van der Waals surface area contributed by atoms with Crippen LogP contribution in [0.5, 0.6) is 0 Å². The van der Waals surface area contributed by atoms with Crippen LogP contribution in [0.4, 0.5) is 0 Å². The fourth-order valence-electron chi connectivity index (χ4n) is 3.54. The summed E-state index contributed by atoms with van der Waals surface area (Å²) < 4.78 is 2.19. The lowest BCUT2D eigenvalue weighted by molar-refractivity contribution is 0.297. The summed E-state index contributed by atoms with van der Waals surface area (Å²) in [5.74, 6) is 0. The Balaban J connectivity index is 1.43. The van der Waals surface area contributed by atoms with E-state index in [1.807, 2.05) is 0 Å². The molecular weight excluding hydrogens is 248 g/mol. The van der Waals surface area contributed by atoms with E-state index in [4.69, 9.17) is 5.10 Å². The van der Waals surface area contributed by atoms with Crippen molar-refractivity contribution in [2.75, 3.05) is 19.6 Å². The second-order valence-corrected chi connectivity index (χ2v) is 6.52. The Labute approximate surface area is 122 Å². The van der Waals surface area contributed by atoms with E-state index < -0.39 is 0 Å². The van der Waals surface area contributed by atoms with E-state index in [9.17, 15) is 0 Å². The molecule has 1 saturated heterocycles. The summed E-state index contributed by atoms with van der Waals surface area (Å²) in [6.07, 6.45) is 10.3. The van der Waals surface area contributed by atoms with Crippen molar-refractivity contribution in [2.45, 2.75) is 64.1 Å².